The Morgan fingerprint density at radius 1 is 1.23 bits per heavy atom. The third-order valence-electron chi connectivity index (χ3n) is 3.88. The molecule has 2 heterocycles. The second-order valence-electron chi connectivity index (χ2n) is 5.60. The van der Waals surface area contributed by atoms with Crippen LogP contribution in [-0.4, -0.2) is 14.5 Å². The van der Waals surface area contributed by atoms with Gasteiger partial charge in [0.1, 0.15) is 5.65 Å². The van der Waals surface area contributed by atoms with E-state index in [9.17, 15) is 5.11 Å². The zero-order chi connectivity index (χ0) is 15.7. The van der Waals surface area contributed by atoms with Gasteiger partial charge < -0.3 is 9.51 Å². The molecule has 1 aromatic carbocycles. The maximum Gasteiger partial charge on any atom is 0.137 e. The molecular formula is C18H19ClN2O. The molecule has 1 N–H and O–H groups in total. The summed E-state index contributed by atoms with van der Waals surface area (Å²) < 4.78 is 1.99. The first-order valence-electron chi connectivity index (χ1n) is 7.48. The summed E-state index contributed by atoms with van der Waals surface area (Å²) in [7, 11) is 0. The molecule has 22 heavy (non-hydrogen) atoms. The molecule has 114 valence electrons. The van der Waals surface area contributed by atoms with Crippen molar-refractivity contribution in [2.45, 2.75) is 32.8 Å². The molecule has 1 unspecified atom stereocenters. The number of halogens is 1. The van der Waals surface area contributed by atoms with Crippen LogP contribution in [0.2, 0.25) is 5.02 Å². The van der Waals surface area contributed by atoms with Crippen molar-refractivity contribution in [1.29, 1.82) is 0 Å². The topological polar surface area (TPSA) is 37.5 Å². The maximum atomic E-state index is 10.4. The van der Waals surface area contributed by atoms with E-state index in [-0.39, 0.29) is 0 Å². The Morgan fingerprint density at radius 3 is 2.64 bits per heavy atom. The van der Waals surface area contributed by atoms with Gasteiger partial charge in [0.25, 0.3) is 0 Å². The van der Waals surface area contributed by atoms with Gasteiger partial charge >= 0.3 is 0 Å². The molecule has 0 bridgehead atoms. The number of aryl methyl sites for hydroxylation is 1. The van der Waals surface area contributed by atoms with Crippen molar-refractivity contribution < 1.29 is 5.11 Å². The van der Waals surface area contributed by atoms with E-state index in [1.165, 1.54) is 0 Å². The number of imidazole rings is 1. The lowest BCUT2D eigenvalue weighted by Crippen LogP contribution is -2.04. The standard InChI is InChI=1S/C18H19ClN2O/c1-3-16(22)18-15(11-13-4-6-14(19)7-5-13)20-17-10-12(2)8-9-21(17)18/h4-10,16,22H,3,11H2,1-2H3. The predicted octanol–water partition coefficient (Wildman–Crippen LogP) is 4.33. The van der Waals surface area contributed by atoms with Crippen molar-refractivity contribution in [2.75, 3.05) is 0 Å². The molecule has 0 spiro atoms. The second kappa shape index (κ2) is 6.11. The van der Waals surface area contributed by atoms with Crippen LogP contribution >= 0.6 is 11.6 Å². The van der Waals surface area contributed by atoms with E-state index in [1.807, 2.05) is 60.8 Å². The van der Waals surface area contributed by atoms with Crippen LogP contribution in [0.4, 0.5) is 0 Å². The Labute approximate surface area is 135 Å². The van der Waals surface area contributed by atoms with Crippen LogP contribution in [0.25, 0.3) is 5.65 Å². The zero-order valence-electron chi connectivity index (χ0n) is 12.8. The SMILES string of the molecule is CCC(O)c1c(Cc2ccc(Cl)cc2)nc2cc(C)ccn12. The van der Waals surface area contributed by atoms with Crippen LogP contribution < -0.4 is 0 Å². The minimum Gasteiger partial charge on any atom is -0.387 e. The minimum atomic E-state index is -0.514. The number of hydrogen-bond acceptors (Lipinski definition) is 2. The van der Waals surface area contributed by atoms with Gasteiger partial charge in [-0.25, -0.2) is 4.98 Å². The minimum absolute atomic E-state index is 0.514. The molecule has 0 amide bonds. The molecular weight excluding hydrogens is 296 g/mol. The number of fused-ring (bicyclic) bond motifs is 1. The smallest absolute Gasteiger partial charge is 0.137 e. The summed E-state index contributed by atoms with van der Waals surface area (Å²) in [6.45, 7) is 4.02. The molecule has 1 atom stereocenters. The highest BCUT2D eigenvalue weighted by Crippen LogP contribution is 2.25. The summed E-state index contributed by atoms with van der Waals surface area (Å²) >= 11 is 5.94. The van der Waals surface area contributed by atoms with Gasteiger partial charge in [-0.3, -0.25) is 0 Å². The highest BCUT2D eigenvalue weighted by Gasteiger charge is 2.18. The molecule has 2 aromatic heterocycles. The van der Waals surface area contributed by atoms with Gasteiger partial charge in [-0.05, 0) is 48.7 Å². The molecule has 0 fully saturated rings. The molecule has 3 rings (SSSR count). The number of nitrogens with zero attached hydrogens (tertiary/aromatic N) is 2. The van der Waals surface area contributed by atoms with Crippen molar-refractivity contribution in [3.63, 3.8) is 0 Å². The van der Waals surface area contributed by atoms with E-state index in [1.54, 1.807) is 0 Å². The van der Waals surface area contributed by atoms with Gasteiger partial charge in [-0.1, -0.05) is 30.7 Å². The van der Waals surface area contributed by atoms with Crippen molar-refractivity contribution in [1.82, 2.24) is 9.38 Å². The first kappa shape index (κ1) is 15.1. The van der Waals surface area contributed by atoms with Crippen molar-refractivity contribution in [3.05, 3.63) is 70.1 Å². The largest absolute Gasteiger partial charge is 0.387 e. The highest BCUT2D eigenvalue weighted by molar-refractivity contribution is 6.30. The van der Waals surface area contributed by atoms with Gasteiger partial charge in [0.15, 0.2) is 0 Å². The lowest BCUT2D eigenvalue weighted by atomic mass is 10.1. The number of rotatable bonds is 4. The van der Waals surface area contributed by atoms with Crippen LogP contribution in [0.1, 0.15) is 42.0 Å². The van der Waals surface area contributed by atoms with Gasteiger partial charge in [-0.2, -0.15) is 0 Å². The second-order valence-corrected chi connectivity index (χ2v) is 6.04. The molecule has 3 aromatic rings. The first-order chi connectivity index (χ1) is 10.6. The average Bonchev–Trinajstić information content (AvgIpc) is 2.85. The fourth-order valence-electron chi connectivity index (χ4n) is 2.69. The molecule has 0 saturated carbocycles. The molecule has 0 radical (unpaired) electrons. The number of hydrogen-bond donors (Lipinski definition) is 1. The molecule has 0 aliphatic rings. The summed E-state index contributed by atoms with van der Waals surface area (Å²) in [5.74, 6) is 0. The van der Waals surface area contributed by atoms with E-state index in [0.717, 1.165) is 33.2 Å². The third-order valence-corrected chi connectivity index (χ3v) is 4.13. The summed E-state index contributed by atoms with van der Waals surface area (Å²) in [6, 6.07) is 11.8. The summed E-state index contributed by atoms with van der Waals surface area (Å²) in [4.78, 5) is 4.73. The third kappa shape index (κ3) is 2.87. The van der Waals surface area contributed by atoms with Gasteiger partial charge in [0.2, 0.25) is 0 Å². The normalized spacial score (nSPS) is 12.7. The van der Waals surface area contributed by atoms with Crippen LogP contribution in [0.15, 0.2) is 42.6 Å². The Bertz CT molecular complexity index is 793. The van der Waals surface area contributed by atoms with E-state index in [0.29, 0.717) is 12.8 Å². The fourth-order valence-corrected chi connectivity index (χ4v) is 2.81. The summed E-state index contributed by atoms with van der Waals surface area (Å²) in [5, 5.41) is 11.1. The molecule has 0 aliphatic heterocycles. The summed E-state index contributed by atoms with van der Waals surface area (Å²) in [6.07, 6.45) is 2.82. The Hall–Kier alpha value is -1.84. The van der Waals surface area contributed by atoms with E-state index in [4.69, 9.17) is 16.6 Å². The average molecular weight is 315 g/mol. The predicted molar refractivity (Wildman–Crippen MR) is 89.4 cm³/mol. The molecule has 3 nitrogen and oxygen atoms in total. The Kier molecular flexibility index (Phi) is 4.19. The van der Waals surface area contributed by atoms with Crippen molar-refractivity contribution >= 4 is 17.2 Å². The van der Waals surface area contributed by atoms with Crippen LogP contribution in [0, 0.1) is 6.92 Å². The number of aliphatic hydroxyl groups excluding tert-OH is 1. The molecule has 4 heteroatoms. The van der Waals surface area contributed by atoms with Crippen LogP contribution in [-0.2, 0) is 6.42 Å². The van der Waals surface area contributed by atoms with Crippen molar-refractivity contribution in [2.24, 2.45) is 0 Å². The van der Waals surface area contributed by atoms with Gasteiger partial charge in [-0.15, -0.1) is 0 Å². The van der Waals surface area contributed by atoms with Gasteiger partial charge in [0.05, 0.1) is 17.5 Å². The zero-order valence-corrected chi connectivity index (χ0v) is 13.5. The number of benzene rings is 1. The number of aliphatic hydroxyl groups is 1. The molecule has 0 aliphatic carbocycles. The van der Waals surface area contributed by atoms with Gasteiger partial charge in [0, 0.05) is 17.6 Å². The Morgan fingerprint density at radius 2 is 1.95 bits per heavy atom. The van der Waals surface area contributed by atoms with Crippen LogP contribution in [0.5, 0.6) is 0 Å². The highest BCUT2D eigenvalue weighted by atomic mass is 35.5. The number of pyridine rings is 1. The van der Waals surface area contributed by atoms with Crippen molar-refractivity contribution in [3.8, 4) is 0 Å². The fraction of sp³-hybridized carbons (Fsp3) is 0.278. The van der Waals surface area contributed by atoms with E-state index < -0.39 is 6.10 Å². The maximum absolute atomic E-state index is 10.4. The van der Waals surface area contributed by atoms with E-state index >= 15 is 0 Å². The first-order valence-corrected chi connectivity index (χ1v) is 7.86. The quantitative estimate of drug-likeness (QED) is 0.778. The molecule has 0 saturated heterocycles. The number of aromatic nitrogens is 2. The van der Waals surface area contributed by atoms with E-state index in [2.05, 4.69) is 0 Å². The Balaban J connectivity index is 2.08. The monoisotopic (exact) mass is 314 g/mol. The lowest BCUT2D eigenvalue weighted by molar-refractivity contribution is 0.167. The van der Waals surface area contributed by atoms with Crippen LogP contribution in [0.3, 0.4) is 0 Å². The summed E-state index contributed by atoms with van der Waals surface area (Å²) in [5.41, 5.74) is 4.98. The lowest BCUT2D eigenvalue weighted by Gasteiger charge is -2.11.